The molecule has 10 rings (SSSR count). The van der Waals surface area contributed by atoms with Crippen LogP contribution in [0.2, 0.25) is 0 Å². The fourth-order valence-corrected chi connectivity index (χ4v) is 10.2. The van der Waals surface area contributed by atoms with E-state index in [9.17, 15) is 0 Å². The van der Waals surface area contributed by atoms with E-state index in [4.69, 9.17) is 0 Å². The summed E-state index contributed by atoms with van der Waals surface area (Å²) in [7, 11) is 0. The first-order valence-electron chi connectivity index (χ1n) is 19.3. The van der Waals surface area contributed by atoms with Gasteiger partial charge in [0.2, 0.25) is 0 Å². The first-order chi connectivity index (χ1) is 25.8. The number of anilines is 2. The Balaban J connectivity index is 1.19. The van der Waals surface area contributed by atoms with Gasteiger partial charge in [-0.05, 0) is 97.8 Å². The second-order valence-corrected chi connectivity index (χ2v) is 16.4. The minimum absolute atomic E-state index is 0.0705. The highest BCUT2D eigenvalue weighted by Gasteiger charge is 2.41. The number of nitrogens with zero attached hydrogens (tertiary/aromatic N) is 1. The zero-order valence-electron chi connectivity index (χ0n) is 31.1. The molecule has 0 N–H and O–H groups in total. The monoisotopic (exact) mass is 683 g/mol. The van der Waals surface area contributed by atoms with Gasteiger partial charge in [-0.15, -0.1) is 0 Å². The lowest BCUT2D eigenvalue weighted by molar-refractivity contribution is 0.437. The lowest BCUT2D eigenvalue weighted by Gasteiger charge is -2.45. The Morgan fingerprint density at radius 1 is 0.547 bits per heavy atom. The molecule has 0 radical (unpaired) electrons. The Kier molecular flexibility index (Phi) is 7.21. The summed E-state index contributed by atoms with van der Waals surface area (Å²) in [4.78, 5) is 2.69. The van der Waals surface area contributed by atoms with Crippen molar-refractivity contribution >= 4 is 11.4 Å². The molecule has 53 heavy (non-hydrogen) atoms. The predicted octanol–water partition coefficient (Wildman–Crippen LogP) is 13.3. The van der Waals surface area contributed by atoms with Crippen molar-refractivity contribution in [2.45, 2.75) is 56.9 Å². The summed E-state index contributed by atoms with van der Waals surface area (Å²) in [6.45, 7) is 9.54. The molecule has 4 aliphatic rings. The van der Waals surface area contributed by atoms with Gasteiger partial charge in [-0.25, -0.2) is 0 Å². The van der Waals surface area contributed by atoms with Crippen molar-refractivity contribution in [1.82, 2.24) is 0 Å². The number of hydrogen-bond donors (Lipinski definition) is 0. The van der Waals surface area contributed by atoms with E-state index >= 15 is 0 Å². The fraction of sp³-hybridized carbons (Fsp3) is 0.192. The predicted molar refractivity (Wildman–Crippen MR) is 223 cm³/mol. The number of allylic oxidation sites excluding steroid dienone is 5. The summed E-state index contributed by atoms with van der Waals surface area (Å²) >= 11 is 0. The second-order valence-electron chi connectivity index (χ2n) is 16.4. The van der Waals surface area contributed by atoms with Crippen LogP contribution in [0.4, 0.5) is 11.4 Å². The van der Waals surface area contributed by atoms with Crippen LogP contribution in [0.25, 0.3) is 33.4 Å². The van der Waals surface area contributed by atoms with Crippen molar-refractivity contribution in [3.63, 3.8) is 0 Å². The standard InChI is InChI=1S/C52H45N/c1-51(2)44-23-13-10-21-40(44)42-29-26-36(32-46(42)51)38-19-12-15-25-48(38)53(37-28-30-43-41-22-11-14-24-45(41)52(3,4)47(43)33-37)49-31-27-34-16-8-9-20-39(34)50(49)35-17-6-5-7-18-35/h5-19,21-33,39,49-50H,20H2,1-4H3. The summed E-state index contributed by atoms with van der Waals surface area (Å²) in [5.41, 5.74) is 18.7. The Morgan fingerprint density at radius 2 is 1.13 bits per heavy atom. The summed E-state index contributed by atoms with van der Waals surface area (Å²) in [6, 6.07) is 52.9. The normalized spacial score (nSPS) is 20.8. The topological polar surface area (TPSA) is 3.24 Å². The Hall–Kier alpha value is -5.66. The molecule has 1 nitrogen and oxygen atoms in total. The number of benzene rings is 6. The van der Waals surface area contributed by atoms with Crippen LogP contribution in [0.15, 0.2) is 175 Å². The van der Waals surface area contributed by atoms with Crippen LogP contribution in [0.5, 0.6) is 0 Å². The van der Waals surface area contributed by atoms with Crippen LogP contribution in [0.3, 0.4) is 0 Å². The minimum Gasteiger partial charge on any atom is -0.333 e. The molecule has 0 bridgehead atoms. The maximum atomic E-state index is 2.69. The van der Waals surface area contributed by atoms with Crippen molar-refractivity contribution in [2.75, 3.05) is 4.90 Å². The maximum Gasteiger partial charge on any atom is 0.0600 e. The quantitative estimate of drug-likeness (QED) is 0.175. The van der Waals surface area contributed by atoms with Crippen LogP contribution in [0.1, 0.15) is 67.9 Å². The maximum absolute atomic E-state index is 2.69. The van der Waals surface area contributed by atoms with E-state index in [1.54, 1.807) is 0 Å². The molecule has 3 atom stereocenters. The Bertz CT molecular complexity index is 2510. The molecule has 3 unspecified atom stereocenters. The van der Waals surface area contributed by atoms with Crippen LogP contribution in [-0.2, 0) is 10.8 Å². The van der Waals surface area contributed by atoms with E-state index < -0.39 is 0 Å². The third kappa shape index (κ3) is 4.83. The molecule has 0 spiro atoms. The highest BCUT2D eigenvalue weighted by Crippen LogP contribution is 2.54. The molecule has 0 amide bonds. The van der Waals surface area contributed by atoms with E-state index in [0.29, 0.717) is 5.92 Å². The lowest BCUT2D eigenvalue weighted by atomic mass is 9.69. The molecule has 0 saturated carbocycles. The summed E-state index contributed by atoms with van der Waals surface area (Å²) < 4.78 is 0. The van der Waals surface area contributed by atoms with Gasteiger partial charge in [0.1, 0.15) is 0 Å². The Labute approximate surface area is 314 Å². The van der Waals surface area contributed by atoms with Crippen molar-refractivity contribution in [3.05, 3.63) is 203 Å². The first-order valence-corrected chi connectivity index (χ1v) is 19.3. The number of fused-ring (bicyclic) bond motifs is 7. The van der Waals surface area contributed by atoms with Crippen LogP contribution in [0, 0.1) is 5.92 Å². The zero-order valence-corrected chi connectivity index (χ0v) is 31.1. The molecular weight excluding hydrogens is 639 g/mol. The van der Waals surface area contributed by atoms with Gasteiger partial charge in [0, 0.05) is 33.7 Å². The number of rotatable bonds is 5. The highest BCUT2D eigenvalue weighted by atomic mass is 15.2. The van der Waals surface area contributed by atoms with E-state index in [0.717, 1.165) is 6.42 Å². The van der Waals surface area contributed by atoms with Crippen molar-refractivity contribution in [2.24, 2.45) is 5.92 Å². The molecule has 0 heterocycles. The van der Waals surface area contributed by atoms with Crippen LogP contribution < -0.4 is 4.90 Å². The number of para-hydroxylation sites is 1. The smallest absolute Gasteiger partial charge is 0.0600 e. The summed E-state index contributed by atoms with van der Waals surface area (Å²) in [6.07, 6.45) is 12.9. The van der Waals surface area contributed by atoms with Crippen molar-refractivity contribution < 1.29 is 0 Å². The van der Waals surface area contributed by atoms with Gasteiger partial charge in [0.15, 0.2) is 0 Å². The van der Waals surface area contributed by atoms with Gasteiger partial charge >= 0.3 is 0 Å². The van der Waals surface area contributed by atoms with Crippen molar-refractivity contribution in [1.29, 1.82) is 0 Å². The van der Waals surface area contributed by atoms with Crippen LogP contribution >= 0.6 is 0 Å². The van der Waals surface area contributed by atoms with Crippen LogP contribution in [-0.4, -0.2) is 6.04 Å². The Morgan fingerprint density at radius 3 is 1.85 bits per heavy atom. The highest BCUT2D eigenvalue weighted by molar-refractivity contribution is 5.89. The lowest BCUT2D eigenvalue weighted by Crippen LogP contribution is -2.41. The van der Waals surface area contributed by atoms with Gasteiger partial charge in [-0.1, -0.05) is 173 Å². The molecule has 0 aromatic heterocycles. The molecule has 6 aromatic rings. The SMILES string of the molecule is CC1(C)c2ccccc2-c2ccc(-c3ccccc3N(c3ccc4c(c3)C(C)(C)c3ccccc3-4)C3C=CC4=CC=CCC4C3c3ccccc3)cc21. The third-order valence-corrected chi connectivity index (χ3v) is 12.9. The van der Waals surface area contributed by atoms with Gasteiger partial charge < -0.3 is 4.90 Å². The van der Waals surface area contributed by atoms with E-state index in [2.05, 4.69) is 203 Å². The van der Waals surface area contributed by atoms with Crippen molar-refractivity contribution in [3.8, 4) is 33.4 Å². The molecule has 0 fully saturated rings. The van der Waals surface area contributed by atoms with Gasteiger partial charge in [0.05, 0.1) is 6.04 Å². The van der Waals surface area contributed by atoms with Gasteiger partial charge in [-0.3, -0.25) is 0 Å². The second kappa shape index (κ2) is 11.9. The first kappa shape index (κ1) is 32.0. The third-order valence-electron chi connectivity index (χ3n) is 12.9. The molecule has 6 aromatic carbocycles. The molecule has 4 aliphatic carbocycles. The molecular formula is C52H45N. The molecule has 0 saturated heterocycles. The molecule has 0 aliphatic heterocycles. The number of hydrogen-bond acceptors (Lipinski definition) is 1. The minimum atomic E-state index is -0.0982. The fourth-order valence-electron chi connectivity index (χ4n) is 10.2. The van der Waals surface area contributed by atoms with Gasteiger partial charge in [0.25, 0.3) is 0 Å². The summed E-state index contributed by atoms with van der Waals surface area (Å²) in [5, 5.41) is 0. The average Bonchev–Trinajstić information content (AvgIpc) is 3.57. The molecule has 1 heteroatoms. The average molecular weight is 684 g/mol. The molecule has 258 valence electrons. The van der Waals surface area contributed by atoms with E-state index in [-0.39, 0.29) is 22.8 Å². The zero-order chi connectivity index (χ0) is 35.9. The largest absolute Gasteiger partial charge is 0.333 e. The van der Waals surface area contributed by atoms with Gasteiger partial charge in [-0.2, -0.15) is 0 Å². The van der Waals surface area contributed by atoms with E-state index in [1.165, 1.54) is 78.1 Å². The summed E-state index contributed by atoms with van der Waals surface area (Å²) in [5.74, 6) is 0.652. The van der Waals surface area contributed by atoms with E-state index in [1.807, 2.05) is 0 Å².